The van der Waals surface area contributed by atoms with E-state index in [9.17, 15) is 9.00 Å². The number of carbonyl (C=O) groups is 1. The van der Waals surface area contributed by atoms with Crippen molar-refractivity contribution < 1.29 is 18.5 Å². The molecule has 4 aromatic rings. The molecule has 10 heteroatoms. The molecule has 3 heterocycles. The van der Waals surface area contributed by atoms with Gasteiger partial charge in [-0.25, -0.2) is 14.3 Å². The first-order valence-electron chi connectivity index (χ1n) is 11.1. The maximum atomic E-state index is 13.8. The number of hydrogen-bond donors (Lipinski definition) is 0. The summed E-state index contributed by atoms with van der Waals surface area (Å²) in [6.45, 7) is 6.05. The third kappa shape index (κ3) is 4.61. The molecule has 0 saturated heterocycles. The summed E-state index contributed by atoms with van der Waals surface area (Å²) in [5.41, 5.74) is 3.73. The third-order valence-corrected chi connectivity index (χ3v) is 6.90. The number of methoxy groups -OCH3 is 2. The van der Waals surface area contributed by atoms with Crippen LogP contribution in [0.5, 0.6) is 11.6 Å². The van der Waals surface area contributed by atoms with E-state index in [0.29, 0.717) is 35.1 Å². The average Bonchev–Trinajstić information content (AvgIpc) is 3.26. The number of pyridine rings is 2. The summed E-state index contributed by atoms with van der Waals surface area (Å²) in [6, 6.07) is 12.2. The highest BCUT2D eigenvalue weighted by atomic mass is 32.2. The van der Waals surface area contributed by atoms with Crippen LogP contribution in [0.15, 0.2) is 53.8 Å². The van der Waals surface area contributed by atoms with Gasteiger partial charge < -0.3 is 9.47 Å². The largest absolute Gasteiger partial charge is 0.496 e. The molecule has 0 aliphatic carbocycles. The van der Waals surface area contributed by atoms with E-state index in [4.69, 9.17) is 9.47 Å². The van der Waals surface area contributed by atoms with Crippen molar-refractivity contribution >= 4 is 33.7 Å². The van der Waals surface area contributed by atoms with Crippen LogP contribution in [0.25, 0.3) is 11.2 Å². The minimum atomic E-state index is -1.70. The number of para-hydroxylation sites is 1. The number of imidazole rings is 1. The van der Waals surface area contributed by atoms with Crippen molar-refractivity contribution in [3.8, 4) is 11.6 Å². The van der Waals surface area contributed by atoms with Crippen LogP contribution >= 0.6 is 0 Å². The average molecular weight is 494 g/mol. The molecule has 0 N–H and O–H groups in total. The zero-order valence-electron chi connectivity index (χ0n) is 20.3. The number of aryl methyl sites for hydroxylation is 1. The lowest BCUT2D eigenvalue weighted by Gasteiger charge is -2.22. The van der Waals surface area contributed by atoms with Crippen LogP contribution in [0.1, 0.15) is 23.7 Å². The van der Waals surface area contributed by atoms with Crippen molar-refractivity contribution in [3.05, 3.63) is 65.5 Å². The molecule has 0 spiro atoms. The molecular formula is C25H27N5O4S. The zero-order chi connectivity index (χ0) is 25.1. The summed E-state index contributed by atoms with van der Waals surface area (Å²) in [5.74, 6) is 1.09. The first-order chi connectivity index (χ1) is 16.9. The number of aromatic nitrogens is 4. The zero-order valence-corrected chi connectivity index (χ0v) is 21.1. The van der Waals surface area contributed by atoms with Crippen molar-refractivity contribution in [3.63, 3.8) is 0 Å². The molecule has 0 aliphatic rings. The second-order valence-electron chi connectivity index (χ2n) is 7.82. The van der Waals surface area contributed by atoms with Gasteiger partial charge in [0, 0.05) is 35.6 Å². The van der Waals surface area contributed by atoms with Crippen LogP contribution in [0, 0.1) is 13.8 Å². The van der Waals surface area contributed by atoms with Gasteiger partial charge >= 0.3 is 6.03 Å². The maximum absolute atomic E-state index is 13.8. The highest BCUT2D eigenvalue weighted by Gasteiger charge is 2.27. The fraction of sp³-hybridized carbons (Fsp3) is 0.280. The number of anilines is 1. The summed E-state index contributed by atoms with van der Waals surface area (Å²) < 4.78 is 25.7. The predicted molar refractivity (Wildman–Crippen MR) is 135 cm³/mol. The topological polar surface area (TPSA) is 99.4 Å². The molecule has 35 heavy (non-hydrogen) atoms. The van der Waals surface area contributed by atoms with Crippen LogP contribution < -0.4 is 14.4 Å². The minimum absolute atomic E-state index is 0.0632. The summed E-state index contributed by atoms with van der Waals surface area (Å²) in [4.78, 5) is 28.9. The number of hydrogen-bond acceptors (Lipinski definition) is 7. The highest BCUT2D eigenvalue weighted by molar-refractivity contribution is 7.84. The highest BCUT2D eigenvalue weighted by Crippen LogP contribution is 2.27. The molecule has 0 radical (unpaired) electrons. The fourth-order valence-corrected chi connectivity index (χ4v) is 5.16. The number of fused-ring (bicyclic) bond motifs is 1. The van der Waals surface area contributed by atoms with Crippen LogP contribution in [-0.2, 0) is 16.6 Å². The Morgan fingerprint density at radius 3 is 2.46 bits per heavy atom. The first kappa shape index (κ1) is 24.3. The van der Waals surface area contributed by atoms with E-state index in [1.54, 1.807) is 30.3 Å². The van der Waals surface area contributed by atoms with Crippen molar-refractivity contribution in [1.29, 1.82) is 0 Å². The lowest BCUT2D eigenvalue weighted by Crippen LogP contribution is -2.35. The quantitative estimate of drug-likeness (QED) is 0.379. The number of nitrogens with zero attached hydrogens (tertiary/aromatic N) is 5. The Morgan fingerprint density at radius 2 is 1.80 bits per heavy atom. The summed E-state index contributed by atoms with van der Waals surface area (Å²) in [6.07, 6.45) is 1.69. The summed E-state index contributed by atoms with van der Waals surface area (Å²) >= 11 is 0. The van der Waals surface area contributed by atoms with Crippen LogP contribution in [-0.4, -0.2) is 50.5 Å². The molecule has 0 saturated carbocycles. The van der Waals surface area contributed by atoms with Gasteiger partial charge in [0.05, 0.1) is 36.5 Å². The molecule has 0 aliphatic heterocycles. The second-order valence-corrected chi connectivity index (χ2v) is 9.17. The summed E-state index contributed by atoms with van der Waals surface area (Å²) in [7, 11) is 1.39. The molecular weight excluding hydrogens is 466 g/mol. The Balaban J connectivity index is 1.83. The van der Waals surface area contributed by atoms with Gasteiger partial charge in [-0.1, -0.05) is 18.2 Å². The van der Waals surface area contributed by atoms with Gasteiger partial charge in [0.25, 0.3) is 0 Å². The van der Waals surface area contributed by atoms with Gasteiger partial charge in [-0.3, -0.25) is 14.1 Å². The van der Waals surface area contributed by atoms with E-state index in [0.717, 1.165) is 11.1 Å². The number of ether oxygens (including phenoxy) is 2. The third-order valence-electron chi connectivity index (χ3n) is 5.68. The summed E-state index contributed by atoms with van der Waals surface area (Å²) in [5, 5.41) is 0.0980. The predicted octanol–water partition coefficient (Wildman–Crippen LogP) is 4.26. The molecule has 1 aromatic carbocycles. The molecule has 182 valence electrons. The maximum Gasteiger partial charge on any atom is 0.336 e. The Morgan fingerprint density at radius 1 is 1.06 bits per heavy atom. The monoisotopic (exact) mass is 493 g/mol. The van der Waals surface area contributed by atoms with Crippen LogP contribution in [0.3, 0.4) is 0 Å². The molecule has 3 aromatic heterocycles. The second kappa shape index (κ2) is 10.2. The van der Waals surface area contributed by atoms with Crippen molar-refractivity contribution in [2.24, 2.45) is 0 Å². The first-order valence-corrected chi connectivity index (χ1v) is 12.4. The Bertz CT molecular complexity index is 1400. The number of carbonyl (C=O) groups excluding carboxylic acids is 1. The van der Waals surface area contributed by atoms with Gasteiger partial charge in [0.1, 0.15) is 11.3 Å². The Labute approximate surface area is 206 Å². The van der Waals surface area contributed by atoms with E-state index in [-0.39, 0.29) is 16.6 Å². The molecule has 1 amide bonds. The smallest absolute Gasteiger partial charge is 0.336 e. The lowest BCUT2D eigenvalue weighted by molar-refractivity contribution is 0.246. The fourth-order valence-electron chi connectivity index (χ4n) is 3.92. The van der Waals surface area contributed by atoms with Crippen molar-refractivity contribution in [2.75, 3.05) is 25.7 Å². The molecule has 9 nitrogen and oxygen atoms in total. The van der Waals surface area contributed by atoms with E-state index in [1.165, 1.54) is 11.7 Å². The molecule has 4 rings (SSSR count). The molecule has 1 atom stereocenters. The minimum Gasteiger partial charge on any atom is -0.496 e. The van der Waals surface area contributed by atoms with E-state index >= 15 is 0 Å². The normalized spacial score (nSPS) is 11.9. The van der Waals surface area contributed by atoms with Gasteiger partial charge in [0.15, 0.2) is 5.65 Å². The van der Waals surface area contributed by atoms with E-state index in [1.807, 2.05) is 51.1 Å². The van der Waals surface area contributed by atoms with E-state index < -0.39 is 16.8 Å². The van der Waals surface area contributed by atoms with Gasteiger partial charge in [-0.05, 0) is 39.0 Å². The van der Waals surface area contributed by atoms with Gasteiger partial charge in [-0.15, -0.1) is 0 Å². The molecule has 1 unspecified atom stereocenters. The van der Waals surface area contributed by atoms with Crippen molar-refractivity contribution in [1.82, 2.24) is 19.5 Å². The Hall–Kier alpha value is -3.79. The van der Waals surface area contributed by atoms with Gasteiger partial charge in [0.2, 0.25) is 11.0 Å². The lowest BCUT2D eigenvalue weighted by atomic mass is 10.1. The number of rotatable bonds is 7. The molecule has 0 fully saturated rings. The van der Waals surface area contributed by atoms with E-state index in [2.05, 4.69) is 15.0 Å². The number of benzene rings is 1. The van der Waals surface area contributed by atoms with Gasteiger partial charge in [-0.2, -0.15) is 4.98 Å². The molecule has 0 bridgehead atoms. The van der Waals surface area contributed by atoms with Crippen molar-refractivity contribution in [2.45, 2.75) is 31.7 Å². The van der Waals surface area contributed by atoms with Crippen LogP contribution in [0.4, 0.5) is 10.5 Å². The van der Waals surface area contributed by atoms with Crippen LogP contribution in [0.2, 0.25) is 0 Å². The number of amides is 1. The standard InChI is InChI=1S/C25H27N5O4S/c1-6-29(18-10-8-7-9-11-18)25(31)30-23-19(12-13-21(28-23)33-4)27-24(30)35(32)15-20-17(3)22(34-5)16(2)14-26-20/h7-14H,6,15H2,1-5H3. The Kier molecular flexibility index (Phi) is 7.11. The SMILES string of the molecule is CCN(C(=O)n1c(S(=O)Cc2ncc(C)c(OC)c2C)nc2ccc(OC)nc21)c1ccccc1.